The summed E-state index contributed by atoms with van der Waals surface area (Å²) in [5.74, 6) is -4.02. The van der Waals surface area contributed by atoms with Crippen LogP contribution in [0.25, 0.3) is 11.1 Å². The van der Waals surface area contributed by atoms with Crippen molar-refractivity contribution in [1.29, 1.82) is 0 Å². The van der Waals surface area contributed by atoms with E-state index in [9.17, 15) is 35.9 Å². The fraction of sp³-hybridized carbons (Fsp3) is 0.200. The Labute approximate surface area is 227 Å². The monoisotopic (exact) mass is 560 g/mol. The Bertz CT molecular complexity index is 1280. The summed E-state index contributed by atoms with van der Waals surface area (Å²) in [6.45, 7) is 3.71. The molecule has 4 nitrogen and oxygen atoms in total. The van der Waals surface area contributed by atoms with Gasteiger partial charge in [0.25, 0.3) is 11.6 Å². The molecule has 0 saturated carbocycles. The van der Waals surface area contributed by atoms with E-state index >= 15 is 0 Å². The quantitative estimate of drug-likeness (QED) is 0.188. The number of Topliss-reactive ketones (excluding diaryl/α,β-unsaturated/α-hetero) is 2. The van der Waals surface area contributed by atoms with Gasteiger partial charge in [0.05, 0.1) is 11.1 Å². The van der Waals surface area contributed by atoms with Crippen molar-refractivity contribution >= 4 is 34.1 Å². The topological polar surface area (TPSA) is 40.6 Å². The number of hydrogen-bond donors (Lipinski definition) is 0. The number of rotatable bonds is 10. The highest BCUT2D eigenvalue weighted by atomic mass is 19.4. The van der Waals surface area contributed by atoms with Gasteiger partial charge in [-0.3, -0.25) is 9.59 Å². The van der Waals surface area contributed by atoms with E-state index in [-0.39, 0.29) is 24.2 Å². The minimum absolute atomic E-state index is 0.0794. The summed E-state index contributed by atoms with van der Waals surface area (Å²) in [5.41, 5.74) is -0.187. The molecule has 0 saturated heterocycles. The molecule has 0 aliphatic heterocycles. The summed E-state index contributed by atoms with van der Waals surface area (Å²) >= 11 is 0. The molecular formula is C30H26F6N2O2. The van der Waals surface area contributed by atoms with Crippen LogP contribution in [-0.4, -0.2) is 37.0 Å². The van der Waals surface area contributed by atoms with Crippen LogP contribution in [0.3, 0.4) is 0 Å². The SMILES string of the molecule is CCN(/C=C(\C(=O)C(F)(F)F)c1ccccc1)c1cccc(N(/C=C(\C(=O)C(F)(F)F)c2ccccc2)CC)c1. The number of anilines is 2. The molecule has 0 radical (unpaired) electrons. The lowest BCUT2D eigenvalue weighted by molar-refractivity contribution is -0.164. The second kappa shape index (κ2) is 12.7. The maximum absolute atomic E-state index is 13.4. The molecule has 0 heterocycles. The van der Waals surface area contributed by atoms with E-state index in [1.807, 2.05) is 0 Å². The van der Waals surface area contributed by atoms with Crippen LogP contribution in [0.1, 0.15) is 25.0 Å². The van der Waals surface area contributed by atoms with E-state index in [1.165, 1.54) is 58.3 Å². The number of halogens is 6. The predicted octanol–water partition coefficient (Wildman–Crippen LogP) is 7.68. The van der Waals surface area contributed by atoms with E-state index in [1.54, 1.807) is 50.2 Å². The number of alkyl halides is 6. The van der Waals surface area contributed by atoms with Crippen LogP contribution in [0.2, 0.25) is 0 Å². The largest absolute Gasteiger partial charge is 0.454 e. The normalized spacial score (nSPS) is 12.7. The third-order valence-corrected chi connectivity index (χ3v) is 5.92. The lowest BCUT2D eigenvalue weighted by Crippen LogP contribution is -2.27. The third-order valence-electron chi connectivity index (χ3n) is 5.92. The minimum atomic E-state index is -5.11. The molecule has 0 unspecified atom stereocenters. The van der Waals surface area contributed by atoms with Crippen LogP contribution in [0, 0.1) is 0 Å². The van der Waals surface area contributed by atoms with Gasteiger partial charge in [-0.2, -0.15) is 26.3 Å². The zero-order chi connectivity index (χ0) is 29.5. The first-order chi connectivity index (χ1) is 18.9. The van der Waals surface area contributed by atoms with Crippen LogP contribution in [-0.2, 0) is 9.59 Å². The average Bonchev–Trinajstić information content (AvgIpc) is 2.94. The second-order valence-corrected chi connectivity index (χ2v) is 8.56. The number of nitrogens with zero attached hydrogens (tertiary/aromatic N) is 2. The predicted molar refractivity (Wildman–Crippen MR) is 143 cm³/mol. The van der Waals surface area contributed by atoms with Crippen molar-refractivity contribution in [2.75, 3.05) is 22.9 Å². The van der Waals surface area contributed by atoms with Crippen molar-refractivity contribution in [1.82, 2.24) is 0 Å². The summed E-state index contributed by atoms with van der Waals surface area (Å²) in [7, 11) is 0. The smallest absolute Gasteiger partial charge is 0.347 e. The Morgan fingerprint density at radius 1 is 0.600 bits per heavy atom. The molecule has 0 aliphatic rings. The number of ketones is 2. The van der Waals surface area contributed by atoms with Gasteiger partial charge in [0.1, 0.15) is 0 Å². The fourth-order valence-corrected chi connectivity index (χ4v) is 3.93. The van der Waals surface area contributed by atoms with Crippen LogP contribution < -0.4 is 9.80 Å². The maximum atomic E-state index is 13.4. The molecule has 0 amide bonds. The molecule has 0 aromatic heterocycles. The minimum Gasteiger partial charge on any atom is -0.347 e. The maximum Gasteiger partial charge on any atom is 0.454 e. The molecule has 40 heavy (non-hydrogen) atoms. The van der Waals surface area contributed by atoms with Gasteiger partial charge in [0.2, 0.25) is 0 Å². The van der Waals surface area contributed by atoms with Gasteiger partial charge in [0, 0.05) is 36.9 Å². The molecule has 0 aliphatic carbocycles. The van der Waals surface area contributed by atoms with Crippen molar-refractivity contribution in [2.24, 2.45) is 0 Å². The third kappa shape index (κ3) is 7.40. The van der Waals surface area contributed by atoms with Crippen molar-refractivity contribution in [3.8, 4) is 0 Å². The highest BCUT2D eigenvalue weighted by Gasteiger charge is 2.42. The van der Waals surface area contributed by atoms with E-state index < -0.39 is 35.1 Å². The summed E-state index contributed by atoms with van der Waals surface area (Å²) in [5, 5.41) is 0. The first-order valence-electron chi connectivity index (χ1n) is 12.3. The standard InChI is InChI=1S/C30H26F6N2O2/c1-3-37(19-25(27(39)29(31,32)33)21-12-7-5-8-13-21)23-16-11-17-24(18-23)38(4-2)20-26(28(40)30(34,35)36)22-14-9-6-10-15-22/h5-20H,3-4H2,1-2H3/b25-19-,26-20-. The van der Waals surface area contributed by atoms with E-state index in [4.69, 9.17) is 0 Å². The van der Waals surface area contributed by atoms with Gasteiger partial charge < -0.3 is 9.80 Å². The van der Waals surface area contributed by atoms with Gasteiger partial charge in [-0.1, -0.05) is 66.7 Å². The number of allylic oxidation sites excluding steroid dienone is 2. The van der Waals surface area contributed by atoms with Crippen LogP contribution in [0.4, 0.5) is 37.7 Å². The number of carbonyl (C=O) groups excluding carboxylic acids is 2. The lowest BCUT2D eigenvalue weighted by atomic mass is 10.0. The zero-order valence-electron chi connectivity index (χ0n) is 21.6. The number of hydrogen-bond acceptors (Lipinski definition) is 4. The first kappa shape index (κ1) is 30.2. The van der Waals surface area contributed by atoms with Crippen molar-refractivity contribution < 1.29 is 35.9 Å². The molecule has 0 atom stereocenters. The van der Waals surface area contributed by atoms with E-state index in [0.29, 0.717) is 11.4 Å². The second-order valence-electron chi connectivity index (χ2n) is 8.56. The first-order valence-corrected chi connectivity index (χ1v) is 12.3. The Morgan fingerprint density at radius 2 is 0.950 bits per heavy atom. The van der Waals surface area contributed by atoms with Crippen molar-refractivity contribution in [2.45, 2.75) is 26.2 Å². The van der Waals surface area contributed by atoms with E-state index in [2.05, 4.69) is 0 Å². The summed E-state index contributed by atoms with van der Waals surface area (Å²) < 4.78 is 80.6. The number of carbonyl (C=O) groups is 2. The molecule has 3 aromatic rings. The highest BCUT2D eigenvalue weighted by Crippen LogP contribution is 2.32. The van der Waals surface area contributed by atoms with Crippen LogP contribution >= 0.6 is 0 Å². The highest BCUT2D eigenvalue weighted by molar-refractivity contribution is 6.24. The van der Waals surface area contributed by atoms with Crippen LogP contribution in [0.5, 0.6) is 0 Å². The molecule has 0 N–H and O–H groups in total. The number of benzene rings is 3. The van der Waals surface area contributed by atoms with Gasteiger partial charge in [-0.15, -0.1) is 0 Å². The zero-order valence-corrected chi connectivity index (χ0v) is 21.6. The molecule has 0 spiro atoms. The molecular weight excluding hydrogens is 534 g/mol. The summed E-state index contributed by atoms with van der Waals surface area (Å²) in [6, 6.07) is 21.2. The fourth-order valence-electron chi connectivity index (χ4n) is 3.93. The van der Waals surface area contributed by atoms with Gasteiger partial charge in [-0.25, -0.2) is 0 Å². The van der Waals surface area contributed by atoms with Gasteiger partial charge in [0.15, 0.2) is 0 Å². The van der Waals surface area contributed by atoms with Crippen LogP contribution in [0.15, 0.2) is 97.3 Å². The molecule has 3 rings (SSSR count). The average molecular weight is 561 g/mol. The van der Waals surface area contributed by atoms with Gasteiger partial charge >= 0.3 is 12.4 Å². The Morgan fingerprint density at radius 3 is 1.25 bits per heavy atom. The lowest BCUT2D eigenvalue weighted by Gasteiger charge is -2.25. The van der Waals surface area contributed by atoms with Gasteiger partial charge in [-0.05, 0) is 43.2 Å². The van der Waals surface area contributed by atoms with E-state index in [0.717, 1.165) is 12.4 Å². The molecule has 210 valence electrons. The molecule has 0 bridgehead atoms. The summed E-state index contributed by atoms with van der Waals surface area (Å²) in [4.78, 5) is 27.5. The summed E-state index contributed by atoms with van der Waals surface area (Å²) in [6.07, 6.45) is -7.99. The Balaban J connectivity index is 2.09. The molecule has 0 fully saturated rings. The molecule has 3 aromatic carbocycles. The van der Waals surface area contributed by atoms with Crippen molar-refractivity contribution in [3.05, 3.63) is 108 Å². The molecule has 10 heteroatoms. The Kier molecular flexibility index (Phi) is 9.57. The van der Waals surface area contributed by atoms with Crippen molar-refractivity contribution in [3.63, 3.8) is 0 Å². The Hall–Kier alpha value is -4.34.